The van der Waals surface area contributed by atoms with Crippen LogP contribution >= 0.6 is 0 Å². The Balaban J connectivity index is 1.93. The fraction of sp³-hybridized carbons (Fsp3) is 0.533. The molecule has 0 radical (unpaired) electrons. The minimum Gasteiger partial charge on any atom is -0.370 e. The summed E-state index contributed by atoms with van der Waals surface area (Å²) in [5.74, 6) is 0.432. The van der Waals surface area contributed by atoms with Gasteiger partial charge in [0.2, 0.25) is 0 Å². The van der Waals surface area contributed by atoms with Crippen molar-refractivity contribution in [2.24, 2.45) is 10.7 Å². The highest BCUT2D eigenvalue weighted by molar-refractivity contribution is 5.80. The molecule has 0 aromatic heterocycles. The van der Waals surface area contributed by atoms with E-state index in [9.17, 15) is 4.39 Å². The number of halogens is 1. The molecule has 1 saturated carbocycles. The second-order valence-corrected chi connectivity index (χ2v) is 5.59. The van der Waals surface area contributed by atoms with Gasteiger partial charge in [0.15, 0.2) is 5.96 Å². The number of aliphatic imine (C=N–C) groups is 1. The van der Waals surface area contributed by atoms with Crippen molar-refractivity contribution in [2.75, 3.05) is 6.54 Å². The van der Waals surface area contributed by atoms with Crippen LogP contribution in [0.25, 0.3) is 0 Å². The van der Waals surface area contributed by atoms with E-state index in [4.69, 9.17) is 5.73 Å². The lowest BCUT2D eigenvalue weighted by molar-refractivity contribution is 0.257. The minimum atomic E-state index is -0.150. The van der Waals surface area contributed by atoms with Crippen molar-refractivity contribution in [3.8, 4) is 0 Å². The number of guanidine groups is 1. The average Bonchev–Trinajstić information content (AvgIpc) is 3.01. The summed E-state index contributed by atoms with van der Waals surface area (Å²) in [6, 6.07) is 5.68. The van der Waals surface area contributed by atoms with E-state index in [0.29, 0.717) is 18.5 Å². The number of nitrogens with zero attached hydrogens (tertiary/aromatic N) is 2. The lowest BCUT2D eigenvalue weighted by Gasteiger charge is -2.32. The van der Waals surface area contributed by atoms with Gasteiger partial charge in [0.25, 0.3) is 0 Å². The summed E-state index contributed by atoms with van der Waals surface area (Å²) >= 11 is 0. The predicted molar refractivity (Wildman–Crippen MR) is 74.5 cm³/mol. The van der Waals surface area contributed by atoms with Crippen molar-refractivity contribution >= 4 is 5.96 Å². The summed E-state index contributed by atoms with van der Waals surface area (Å²) in [7, 11) is 0. The molecule has 1 aromatic rings. The largest absolute Gasteiger partial charge is 0.370 e. The molecule has 4 heteroatoms. The molecule has 1 heterocycles. The molecular formula is C15H20FN3. The smallest absolute Gasteiger partial charge is 0.192 e. The molecule has 1 fully saturated rings. The molecule has 1 aromatic carbocycles. The van der Waals surface area contributed by atoms with Gasteiger partial charge in [0.1, 0.15) is 5.82 Å². The minimum absolute atomic E-state index is 0.0250. The number of aryl methyl sites for hydroxylation is 1. The Morgan fingerprint density at radius 2 is 2.05 bits per heavy atom. The third kappa shape index (κ3) is 2.20. The van der Waals surface area contributed by atoms with Crippen LogP contribution in [-0.4, -0.2) is 23.4 Å². The fourth-order valence-electron chi connectivity index (χ4n) is 3.30. The van der Waals surface area contributed by atoms with E-state index < -0.39 is 0 Å². The third-order valence-corrected chi connectivity index (χ3v) is 4.26. The number of hydrogen-bond donors (Lipinski definition) is 1. The first-order valence-corrected chi connectivity index (χ1v) is 7.01. The molecule has 102 valence electrons. The monoisotopic (exact) mass is 261 g/mol. The van der Waals surface area contributed by atoms with Gasteiger partial charge in [-0.05, 0) is 25.8 Å². The molecule has 0 amide bonds. The molecule has 19 heavy (non-hydrogen) atoms. The Morgan fingerprint density at radius 1 is 1.32 bits per heavy atom. The van der Waals surface area contributed by atoms with Crippen LogP contribution in [-0.2, 0) is 0 Å². The number of hydrogen-bond acceptors (Lipinski definition) is 3. The van der Waals surface area contributed by atoms with Gasteiger partial charge in [-0.3, -0.25) is 4.99 Å². The van der Waals surface area contributed by atoms with Gasteiger partial charge in [-0.1, -0.05) is 30.5 Å². The van der Waals surface area contributed by atoms with E-state index in [0.717, 1.165) is 24.0 Å². The molecule has 1 unspecified atom stereocenters. The summed E-state index contributed by atoms with van der Waals surface area (Å²) in [6.07, 6.45) is 4.75. The highest BCUT2D eigenvalue weighted by Crippen LogP contribution is 2.35. The van der Waals surface area contributed by atoms with Crippen LogP contribution in [0, 0.1) is 12.7 Å². The zero-order valence-electron chi connectivity index (χ0n) is 11.3. The molecule has 2 aliphatic rings. The number of benzene rings is 1. The molecule has 0 bridgehead atoms. The third-order valence-electron chi connectivity index (χ3n) is 4.26. The van der Waals surface area contributed by atoms with Gasteiger partial charge in [0, 0.05) is 11.6 Å². The van der Waals surface area contributed by atoms with Gasteiger partial charge < -0.3 is 10.6 Å². The summed E-state index contributed by atoms with van der Waals surface area (Å²) < 4.78 is 14.1. The number of nitrogens with two attached hydrogens (primary N) is 1. The van der Waals surface area contributed by atoms with Crippen LogP contribution in [0.3, 0.4) is 0 Å². The molecule has 2 N–H and O–H groups in total. The lowest BCUT2D eigenvalue weighted by Crippen LogP contribution is -2.42. The van der Waals surface area contributed by atoms with Gasteiger partial charge in [-0.2, -0.15) is 0 Å². The highest BCUT2D eigenvalue weighted by atomic mass is 19.1. The molecule has 3 rings (SSSR count). The maximum atomic E-state index is 14.1. The normalized spacial score (nSPS) is 24.0. The van der Waals surface area contributed by atoms with E-state index in [1.54, 1.807) is 12.1 Å². The Kier molecular flexibility index (Phi) is 3.17. The number of rotatable bonds is 2. The zero-order chi connectivity index (χ0) is 13.4. The Bertz CT molecular complexity index is 506. The van der Waals surface area contributed by atoms with Crippen molar-refractivity contribution in [3.63, 3.8) is 0 Å². The van der Waals surface area contributed by atoms with Crippen LogP contribution in [0.2, 0.25) is 0 Å². The van der Waals surface area contributed by atoms with Crippen LogP contribution in [0.15, 0.2) is 23.2 Å². The van der Waals surface area contributed by atoms with Crippen LogP contribution in [0.1, 0.15) is 42.9 Å². The molecule has 1 atom stereocenters. The van der Waals surface area contributed by atoms with Crippen molar-refractivity contribution in [1.82, 2.24) is 4.90 Å². The van der Waals surface area contributed by atoms with Gasteiger partial charge in [-0.25, -0.2) is 4.39 Å². The van der Waals surface area contributed by atoms with E-state index in [1.807, 2.05) is 13.0 Å². The quantitative estimate of drug-likeness (QED) is 0.889. The van der Waals surface area contributed by atoms with Crippen LogP contribution in [0.5, 0.6) is 0 Å². The van der Waals surface area contributed by atoms with Gasteiger partial charge in [0.05, 0.1) is 12.6 Å². The molecule has 0 saturated heterocycles. The van der Waals surface area contributed by atoms with Gasteiger partial charge >= 0.3 is 0 Å². The first-order valence-electron chi connectivity index (χ1n) is 7.01. The maximum Gasteiger partial charge on any atom is 0.192 e. The topological polar surface area (TPSA) is 41.6 Å². The first kappa shape index (κ1) is 12.5. The fourth-order valence-corrected chi connectivity index (χ4v) is 3.30. The van der Waals surface area contributed by atoms with Gasteiger partial charge in [-0.15, -0.1) is 0 Å². The Hall–Kier alpha value is -1.58. The highest BCUT2D eigenvalue weighted by Gasteiger charge is 2.35. The Labute approximate surface area is 113 Å². The Morgan fingerprint density at radius 3 is 2.79 bits per heavy atom. The predicted octanol–water partition coefficient (Wildman–Crippen LogP) is 2.75. The van der Waals surface area contributed by atoms with E-state index in [2.05, 4.69) is 9.89 Å². The van der Waals surface area contributed by atoms with E-state index in [-0.39, 0.29) is 11.9 Å². The SMILES string of the molecule is Cc1ccc(F)c(C2CN=C(N)N2C2CCCC2)c1. The second kappa shape index (κ2) is 4.83. The average molecular weight is 261 g/mol. The van der Waals surface area contributed by atoms with Crippen molar-refractivity contribution < 1.29 is 4.39 Å². The standard InChI is InChI=1S/C15H20FN3/c1-10-6-7-13(16)12(8-10)14-9-18-15(17)19(14)11-4-2-3-5-11/h6-8,11,14H,2-5,9H2,1H3,(H2,17,18). The van der Waals surface area contributed by atoms with Crippen molar-refractivity contribution in [2.45, 2.75) is 44.7 Å². The summed E-state index contributed by atoms with van der Waals surface area (Å²) in [5.41, 5.74) is 7.84. The maximum absolute atomic E-state index is 14.1. The molecular weight excluding hydrogens is 241 g/mol. The molecule has 0 spiro atoms. The van der Waals surface area contributed by atoms with E-state index in [1.165, 1.54) is 12.8 Å². The second-order valence-electron chi connectivity index (χ2n) is 5.59. The summed E-state index contributed by atoms with van der Waals surface area (Å²) in [5, 5.41) is 0. The van der Waals surface area contributed by atoms with E-state index >= 15 is 0 Å². The molecule has 1 aliphatic heterocycles. The molecule has 3 nitrogen and oxygen atoms in total. The van der Waals surface area contributed by atoms with Crippen LogP contribution < -0.4 is 5.73 Å². The van der Waals surface area contributed by atoms with Crippen molar-refractivity contribution in [1.29, 1.82) is 0 Å². The summed E-state index contributed by atoms with van der Waals surface area (Å²) in [6.45, 7) is 2.56. The summed E-state index contributed by atoms with van der Waals surface area (Å²) in [4.78, 5) is 6.49. The lowest BCUT2D eigenvalue weighted by atomic mass is 10.0. The zero-order valence-corrected chi connectivity index (χ0v) is 11.3. The molecule has 1 aliphatic carbocycles. The van der Waals surface area contributed by atoms with Crippen molar-refractivity contribution in [3.05, 3.63) is 35.1 Å². The first-order chi connectivity index (χ1) is 9.16. The van der Waals surface area contributed by atoms with Crippen LogP contribution in [0.4, 0.5) is 4.39 Å².